The fourth-order valence-electron chi connectivity index (χ4n) is 2.24. The summed E-state index contributed by atoms with van der Waals surface area (Å²) in [6, 6.07) is 0.0742. The molecule has 1 saturated heterocycles. The molecule has 4 nitrogen and oxygen atoms in total. The van der Waals surface area contributed by atoms with Gasteiger partial charge in [0.15, 0.2) is 8.32 Å². The van der Waals surface area contributed by atoms with Gasteiger partial charge in [0.2, 0.25) is 0 Å². The van der Waals surface area contributed by atoms with Gasteiger partial charge in [0.25, 0.3) is 0 Å². The van der Waals surface area contributed by atoms with Crippen molar-refractivity contribution in [3.05, 3.63) is 11.6 Å². The molecule has 0 bridgehead atoms. The summed E-state index contributed by atoms with van der Waals surface area (Å²) in [5, 5.41) is 0.172. The van der Waals surface area contributed by atoms with E-state index in [0.29, 0.717) is 13.2 Å². The van der Waals surface area contributed by atoms with Crippen molar-refractivity contribution in [3.8, 4) is 0 Å². The van der Waals surface area contributed by atoms with Gasteiger partial charge in [-0.1, -0.05) is 32.4 Å². The Balaban J connectivity index is 2.80. The van der Waals surface area contributed by atoms with E-state index in [1.54, 1.807) is 0 Å². The van der Waals surface area contributed by atoms with Crippen LogP contribution in [-0.2, 0) is 9.16 Å². The van der Waals surface area contributed by atoms with Crippen LogP contribution in [0.3, 0.4) is 0 Å². The number of carbonyl (C=O) groups is 1. The van der Waals surface area contributed by atoms with Gasteiger partial charge < -0.3 is 9.16 Å². The maximum absolute atomic E-state index is 12.5. The number of nitrogens with zero attached hydrogens (tertiary/aromatic N) is 1. The number of hydrogen-bond donors (Lipinski definition) is 0. The minimum Gasteiger partial charge on any atom is -0.444 e. The van der Waals surface area contributed by atoms with Crippen LogP contribution in [0, 0.1) is 0 Å². The maximum Gasteiger partial charge on any atom is 0.410 e. The van der Waals surface area contributed by atoms with Crippen LogP contribution >= 0.6 is 0 Å². The molecule has 1 atom stereocenters. The van der Waals surface area contributed by atoms with Gasteiger partial charge in [-0.2, -0.15) is 0 Å². The highest BCUT2D eigenvalue weighted by atomic mass is 28.4. The number of likely N-dealkylation sites (tertiary alicyclic amines) is 1. The molecule has 0 radical (unpaired) electrons. The van der Waals surface area contributed by atoms with E-state index in [0.717, 1.165) is 6.42 Å². The Morgan fingerprint density at radius 2 is 1.83 bits per heavy atom. The number of amides is 1. The number of rotatable bonds is 3. The van der Waals surface area contributed by atoms with Gasteiger partial charge >= 0.3 is 6.09 Å². The molecule has 0 aliphatic carbocycles. The Labute approximate surface area is 143 Å². The molecule has 1 heterocycles. The van der Waals surface area contributed by atoms with Crippen LogP contribution in [0.2, 0.25) is 18.1 Å². The zero-order valence-electron chi connectivity index (χ0n) is 16.4. The average molecular weight is 342 g/mol. The molecule has 5 heteroatoms. The third kappa shape index (κ3) is 5.64. The highest BCUT2D eigenvalue weighted by molar-refractivity contribution is 6.74. The summed E-state index contributed by atoms with van der Waals surface area (Å²) in [4.78, 5) is 14.3. The molecule has 0 aromatic rings. The number of hydrogen-bond acceptors (Lipinski definition) is 3. The molecule has 0 unspecified atom stereocenters. The van der Waals surface area contributed by atoms with Crippen molar-refractivity contribution in [2.45, 2.75) is 84.7 Å². The van der Waals surface area contributed by atoms with E-state index < -0.39 is 13.9 Å². The SMILES string of the molecule is C/C=C1\C[C@@H](CO[Si](C)(C)C(C)(C)C)N(C(=O)OC(C)(C)C)C1. The van der Waals surface area contributed by atoms with E-state index in [2.05, 4.69) is 39.9 Å². The van der Waals surface area contributed by atoms with Crippen molar-refractivity contribution in [1.82, 2.24) is 4.90 Å². The average Bonchev–Trinajstić information content (AvgIpc) is 2.76. The van der Waals surface area contributed by atoms with Crippen LogP contribution in [0.15, 0.2) is 11.6 Å². The Morgan fingerprint density at radius 3 is 2.26 bits per heavy atom. The lowest BCUT2D eigenvalue weighted by atomic mass is 10.1. The number of carbonyl (C=O) groups excluding carboxylic acids is 1. The summed E-state index contributed by atoms with van der Waals surface area (Å²) in [7, 11) is -1.81. The van der Waals surface area contributed by atoms with Crippen molar-refractivity contribution in [3.63, 3.8) is 0 Å². The highest BCUT2D eigenvalue weighted by Crippen LogP contribution is 2.37. The fourth-order valence-corrected chi connectivity index (χ4v) is 3.28. The second-order valence-corrected chi connectivity index (χ2v) is 13.8. The molecule has 0 spiro atoms. The third-order valence-corrected chi connectivity index (χ3v) is 9.29. The van der Waals surface area contributed by atoms with E-state index in [4.69, 9.17) is 9.16 Å². The second-order valence-electron chi connectivity index (χ2n) is 8.98. The first-order chi connectivity index (χ1) is 10.3. The summed E-state index contributed by atoms with van der Waals surface area (Å²) in [6.07, 6.45) is 2.74. The van der Waals surface area contributed by atoms with E-state index in [9.17, 15) is 4.79 Å². The van der Waals surface area contributed by atoms with Crippen molar-refractivity contribution in [2.24, 2.45) is 0 Å². The molecular formula is C18H35NO3Si. The van der Waals surface area contributed by atoms with E-state index in [1.165, 1.54) is 5.57 Å². The molecule has 134 valence electrons. The van der Waals surface area contributed by atoms with Gasteiger partial charge in [0, 0.05) is 6.54 Å². The Morgan fingerprint density at radius 1 is 1.26 bits per heavy atom. The summed E-state index contributed by atoms with van der Waals surface area (Å²) in [6.45, 7) is 20.2. The number of ether oxygens (including phenoxy) is 1. The molecule has 0 N–H and O–H groups in total. The molecule has 1 aliphatic heterocycles. The molecule has 1 rings (SSSR count). The van der Waals surface area contributed by atoms with Crippen LogP contribution < -0.4 is 0 Å². The lowest BCUT2D eigenvalue weighted by Gasteiger charge is -2.38. The Hall–Kier alpha value is -0.813. The standard InChI is InChI=1S/C18H35NO3Si/c1-10-14-11-15(13-21-23(8,9)18(5,6)7)19(12-14)16(20)22-17(2,3)4/h10,15H,11-13H2,1-9H3/b14-10+/t15-/m0/s1. The first-order valence-electron chi connectivity index (χ1n) is 8.54. The zero-order valence-corrected chi connectivity index (χ0v) is 17.4. The van der Waals surface area contributed by atoms with Crippen LogP contribution in [-0.4, -0.2) is 44.1 Å². The first-order valence-corrected chi connectivity index (χ1v) is 11.5. The van der Waals surface area contributed by atoms with Crippen LogP contribution in [0.25, 0.3) is 0 Å². The van der Waals surface area contributed by atoms with Crippen molar-refractivity contribution in [2.75, 3.05) is 13.2 Å². The Kier molecular flexibility index (Phi) is 6.13. The fraction of sp³-hybridized carbons (Fsp3) is 0.833. The molecule has 1 fully saturated rings. The second kappa shape index (κ2) is 6.97. The predicted octanol–water partition coefficient (Wildman–Crippen LogP) is 4.96. The largest absolute Gasteiger partial charge is 0.444 e. The van der Waals surface area contributed by atoms with E-state index in [1.807, 2.05) is 32.6 Å². The van der Waals surface area contributed by atoms with Crippen molar-refractivity contribution >= 4 is 14.4 Å². The van der Waals surface area contributed by atoms with Crippen LogP contribution in [0.5, 0.6) is 0 Å². The van der Waals surface area contributed by atoms with Crippen LogP contribution in [0.1, 0.15) is 54.9 Å². The third-order valence-electron chi connectivity index (χ3n) is 4.79. The molecule has 0 aromatic carbocycles. The molecule has 0 aromatic heterocycles. The zero-order chi connectivity index (χ0) is 18.1. The lowest BCUT2D eigenvalue weighted by molar-refractivity contribution is 0.0184. The molecule has 1 amide bonds. The molecule has 23 heavy (non-hydrogen) atoms. The minimum absolute atomic E-state index is 0.0742. The topological polar surface area (TPSA) is 38.8 Å². The number of allylic oxidation sites excluding steroid dienone is 1. The van der Waals surface area contributed by atoms with Crippen LogP contribution in [0.4, 0.5) is 4.79 Å². The molecule has 1 aliphatic rings. The maximum atomic E-state index is 12.5. The smallest absolute Gasteiger partial charge is 0.410 e. The molecule has 0 saturated carbocycles. The predicted molar refractivity (Wildman–Crippen MR) is 98.3 cm³/mol. The Bertz CT molecular complexity index is 458. The minimum atomic E-state index is -1.81. The normalized spacial score (nSPS) is 21.9. The summed E-state index contributed by atoms with van der Waals surface area (Å²) < 4.78 is 11.9. The highest BCUT2D eigenvalue weighted by Gasteiger charge is 2.40. The van der Waals surface area contributed by atoms with E-state index >= 15 is 0 Å². The van der Waals surface area contributed by atoms with Gasteiger partial charge in [-0.05, 0) is 52.2 Å². The summed E-state index contributed by atoms with van der Waals surface area (Å²) in [5.74, 6) is 0. The van der Waals surface area contributed by atoms with Crippen molar-refractivity contribution in [1.29, 1.82) is 0 Å². The van der Waals surface area contributed by atoms with Gasteiger partial charge in [0.1, 0.15) is 5.60 Å². The quantitative estimate of drug-likeness (QED) is 0.538. The molecular weight excluding hydrogens is 306 g/mol. The summed E-state index contributed by atoms with van der Waals surface area (Å²) >= 11 is 0. The van der Waals surface area contributed by atoms with Gasteiger partial charge in [-0.25, -0.2) is 4.79 Å². The lowest BCUT2D eigenvalue weighted by Crippen LogP contribution is -2.46. The van der Waals surface area contributed by atoms with Gasteiger partial charge in [-0.15, -0.1) is 0 Å². The first kappa shape index (κ1) is 20.2. The van der Waals surface area contributed by atoms with E-state index in [-0.39, 0.29) is 17.2 Å². The monoisotopic (exact) mass is 341 g/mol. The van der Waals surface area contributed by atoms with Gasteiger partial charge in [-0.3, -0.25) is 4.90 Å². The van der Waals surface area contributed by atoms with Crippen molar-refractivity contribution < 1.29 is 14.0 Å². The summed E-state index contributed by atoms with van der Waals surface area (Å²) in [5.41, 5.74) is 0.806. The van der Waals surface area contributed by atoms with Gasteiger partial charge in [0.05, 0.1) is 12.6 Å².